The zero-order chi connectivity index (χ0) is 21.0. The van der Waals surface area contributed by atoms with Crippen molar-refractivity contribution >= 4 is 16.9 Å². The minimum Gasteiger partial charge on any atom is -0.376 e. The molecule has 0 saturated carbocycles. The van der Waals surface area contributed by atoms with Gasteiger partial charge in [-0.2, -0.15) is 5.26 Å². The predicted octanol–water partition coefficient (Wildman–Crippen LogP) is 1.64. The van der Waals surface area contributed by atoms with Crippen LogP contribution in [0.15, 0.2) is 24.5 Å². The number of nitrogens with one attached hydrogen (secondary N) is 2. The average Bonchev–Trinajstić information content (AvgIpc) is 3.26. The number of carbonyl (C=O) groups excluding carboxylic acids is 1. The first kappa shape index (κ1) is 20.7. The van der Waals surface area contributed by atoms with Crippen LogP contribution in [0.25, 0.3) is 11.0 Å². The van der Waals surface area contributed by atoms with Gasteiger partial charge in [-0.25, -0.2) is 0 Å². The Morgan fingerprint density at radius 1 is 1.40 bits per heavy atom. The standard InChI is InChI=1S/C22H27N5O3/c1-15-9-22(14-24-11-15,27-19(28)13-29-12-17-3-2-8-30-17)18-5-4-16(10-23)20-21(18)26-7-6-25-20/h4-7,15,17,24H,2-3,8-9,11-14H2,1H3,(H,27,28)/t15-,17?,22-/m0/s1. The molecule has 0 spiro atoms. The largest absolute Gasteiger partial charge is 0.376 e. The van der Waals surface area contributed by atoms with Crippen LogP contribution in [-0.2, 0) is 19.8 Å². The summed E-state index contributed by atoms with van der Waals surface area (Å²) in [6.07, 6.45) is 6.06. The Kier molecular flexibility index (Phi) is 6.23. The summed E-state index contributed by atoms with van der Waals surface area (Å²) in [5.74, 6) is 0.180. The Labute approximate surface area is 176 Å². The molecule has 4 rings (SSSR count). The van der Waals surface area contributed by atoms with E-state index in [0.717, 1.165) is 38.0 Å². The number of ether oxygens (including phenoxy) is 2. The molecule has 1 aromatic heterocycles. The number of benzene rings is 1. The minimum atomic E-state index is -0.649. The maximum absolute atomic E-state index is 12.8. The molecule has 2 aliphatic heterocycles. The van der Waals surface area contributed by atoms with Crippen molar-refractivity contribution in [1.29, 1.82) is 5.26 Å². The molecule has 2 fully saturated rings. The van der Waals surface area contributed by atoms with Crippen LogP contribution in [0.2, 0.25) is 0 Å². The van der Waals surface area contributed by atoms with Gasteiger partial charge >= 0.3 is 0 Å². The molecule has 0 aliphatic carbocycles. The molecule has 8 heteroatoms. The number of rotatable bonds is 6. The molecule has 3 atom stereocenters. The van der Waals surface area contributed by atoms with Gasteiger partial charge in [-0.1, -0.05) is 13.0 Å². The van der Waals surface area contributed by atoms with E-state index in [9.17, 15) is 10.1 Å². The summed E-state index contributed by atoms with van der Waals surface area (Å²) in [5, 5.41) is 16.1. The summed E-state index contributed by atoms with van der Waals surface area (Å²) < 4.78 is 11.2. The molecule has 2 aliphatic rings. The Bertz CT molecular complexity index is 953. The molecule has 2 saturated heterocycles. The van der Waals surface area contributed by atoms with E-state index in [1.165, 1.54) is 0 Å². The number of nitriles is 1. The molecular formula is C22H27N5O3. The smallest absolute Gasteiger partial charge is 0.246 e. The number of hydrogen-bond donors (Lipinski definition) is 2. The van der Waals surface area contributed by atoms with E-state index >= 15 is 0 Å². The highest BCUT2D eigenvalue weighted by Gasteiger charge is 2.40. The van der Waals surface area contributed by atoms with Crippen molar-refractivity contribution in [1.82, 2.24) is 20.6 Å². The number of piperidine rings is 1. The molecule has 2 N–H and O–H groups in total. The highest BCUT2D eigenvalue weighted by Crippen LogP contribution is 2.35. The first-order valence-corrected chi connectivity index (χ1v) is 10.5. The summed E-state index contributed by atoms with van der Waals surface area (Å²) in [5.41, 5.74) is 1.90. The summed E-state index contributed by atoms with van der Waals surface area (Å²) in [7, 11) is 0. The molecule has 158 valence electrons. The number of fused-ring (bicyclic) bond motifs is 1. The van der Waals surface area contributed by atoms with E-state index < -0.39 is 5.54 Å². The van der Waals surface area contributed by atoms with Gasteiger partial charge in [-0.05, 0) is 37.8 Å². The first-order chi connectivity index (χ1) is 14.6. The van der Waals surface area contributed by atoms with Gasteiger partial charge in [-0.15, -0.1) is 0 Å². The Hall–Kier alpha value is -2.60. The third kappa shape index (κ3) is 4.29. The van der Waals surface area contributed by atoms with Gasteiger partial charge in [0.1, 0.15) is 18.2 Å². The van der Waals surface area contributed by atoms with Gasteiger partial charge in [0.2, 0.25) is 5.91 Å². The van der Waals surface area contributed by atoms with E-state index in [1.54, 1.807) is 18.5 Å². The minimum absolute atomic E-state index is 0.0180. The van der Waals surface area contributed by atoms with Gasteiger partial charge in [0.15, 0.2) is 0 Å². The monoisotopic (exact) mass is 409 g/mol. The summed E-state index contributed by atoms with van der Waals surface area (Å²) >= 11 is 0. The van der Waals surface area contributed by atoms with Crippen LogP contribution in [0.1, 0.15) is 37.3 Å². The zero-order valence-corrected chi connectivity index (χ0v) is 17.2. The summed E-state index contributed by atoms with van der Waals surface area (Å²) in [6, 6.07) is 5.83. The Balaban J connectivity index is 1.59. The van der Waals surface area contributed by atoms with E-state index in [0.29, 0.717) is 35.7 Å². The van der Waals surface area contributed by atoms with Crippen molar-refractivity contribution in [2.24, 2.45) is 5.92 Å². The molecular weight excluding hydrogens is 382 g/mol. The lowest BCUT2D eigenvalue weighted by Crippen LogP contribution is -2.58. The van der Waals surface area contributed by atoms with Gasteiger partial charge in [-0.3, -0.25) is 14.8 Å². The zero-order valence-electron chi connectivity index (χ0n) is 17.2. The topological polar surface area (TPSA) is 109 Å². The molecule has 1 amide bonds. The van der Waals surface area contributed by atoms with Crippen LogP contribution in [0.3, 0.4) is 0 Å². The lowest BCUT2D eigenvalue weighted by Gasteiger charge is -2.42. The van der Waals surface area contributed by atoms with Crippen LogP contribution >= 0.6 is 0 Å². The fourth-order valence-electron chi connectivity index (χ4n) is 4.53. The number of carbonyl (C=O) groups is 1. The van der Waals surface area contributed by atoms with E-state index in [4.69, 9.17) is 9.47 Å². The lowest BCUT2D eigenvalue weighted by molar-refractivity contribution is -0.129. The maximum Gasteiger partial charge on any atom is 0.246 e. The molecule has 1 unspecified atom stereocenters. The highest BCUT2D eigenvalue weighted by atomic mass is 16.5. The number of amides is 1. The molecule has 3 heterocycles. The van der Waals surface area contributed by atoms with Gasteiger partial charge < -0.3 is 20.1 Å². The maximum atomic E-state index is 12.8. The number of aromatic nitrogens is 2. The number of hydrogen-bond acceptors (Lipinski definition) is 7. The van der Waals surface area contributed by atoms with Crippen molar-refractivity contribution in [3.8, 4) is 6.07 Å². The van der Waals surface area contributed by atoms with Gasteiger partial charge in [0.05, 0.1) is 29.3 Å². The van der Waals surface area contributed by atoms with E-state index in [1.807, 2.05) is 6.07 Å². The fourth-order valence-corrected chi connectivity index (χ4v) is 4.53. The van der Waals surface area contributed by atoms with Gasteiger partial charge in [0, 0.05) is 31.1 Å². The van der Waals surface area contributed by atoms with Crippen LogP contribution < -0.4 is 10.6 Å². The van der Waals surface area contributed by atoms with Crippen molar-refractivity contribution in [3.05, 3.63) is 35.7 Å². The summed E-state index contributed by atoms with van der Waals surface area (Å²) in [6.45, 7) is 4.79. The third-order valence-electron chi connectivity index (χ3n) is 5.82. The third-order valence-corrected chi connectivity index (χ3v) is 5.82. The second-order valence-corrected chi connectivity index (χ2v) is 8.25. The molecule has 2 aromatic rings. The normalized spacial score (nSPS) is 26.4. The summed E-state index contributed by atoms with van der Waals surface area (Å²) in [4.78, 5) is 21.7. The van der Waals surface area contributed by atoms with Crippen molar-refractivity contribution in [2.45, 2.75) is 37.8 Å². The second-order valence-electron chi connectivity index (χ2n) is 8.25. The highest BCUT2D eigenvalue weighted by molar-refractivity contribution is 5.86. The molecule has 1 aromatic carbocycles. The first-order valence-electron chi connectivity index (χ1n) is 10.5. The van der Waals surface area contributed by atoms with Gasteiger partial charge in [0.25, 0.3) is 0 Å². The predicted molar refractivity (Wildman–Crippen MR) is 111 cm³/mol. The van der Waals surface area contributed by atoms with Crippen LogP contribution in [-0.4, -0.2) is 54.9 Å². The van der Waals surface area contributed by atoms with Crippen molar-refractivity contribution in [2.75, 3.05) is 32.9 Å². The molecule has 30 heavy (non-hydrogen) atoms. The molecule has 8 nitrogen and oxygen atoms in total. The lowest BCUT2D eigenvalue weighted by atomic mass is 9.78. The van der Waals surface area contributed by atoms with Crippen LogP contribution in [0.4, 0.5) is 0 Å². The quantitative estimate of drug-likeness (QED) is 0.746. The van der Waals surface area contributed by atoms with Crippen LogP contribution in [0.5, 0.6) is 0 Å². The van der Waals surface area contributed by atoms with Crippen molar-refractivity contribution < 1.29 is 14.3 Å². The molecule has 0 bridgehead atoms. The Morgan fingerprint density at radius 2 is 2.23 bits per heavy atom. The SMILES string of the molecule is C[C@@H]1CNC[C@](NC(=O)COCC2CCCO2)(c2ccc(C#N)c3nccnc23)C1. The number of nitrogens with zero attached hydrogens (tertiary/aromatic N) is 3. The Morgan fingerprint density at radius 3 is 2.97 bits per heavy atom. The van der Waals surface area contributed by atoms with E-state index in [-0.39, 0.29) is 18.6 Å². The van der Waals surface area contributed by atoms with E-state index in [2.05, 4.69) is 33.6 Å². The second kappa shape index (κ2) is 9.04. The molecule has 0 radical (unpaired) electrons. The fraction of sp³-hybridized carbons (Fsp3) is 0.545. The average molecular weight is 409 g/mol. The van der Waals surface area contributed by atoms with Crippen LogP contribution in [0, 0.1) is 17.2 Å². The van der Waals surface area contributed by atoms with Crippen molar-refractivity contribution in [3.63, 3.8) is 0 Å².